The van der Waals surface area contributed by atoms with Crippen molar-refractivity contribution in [3.63, 3.8) is 0 Å². The van der Waals surface area contributed by atoms with Crippen molar-refractivity contribution in [3.05, 3.63) is 36.0 Å². The van der Waals surface area contributed by atoms with Gasteiger partial charge in [-0.1, -0.05) is 18.2 Å². The summed E-state index contributed by atoms with van der Waals surface area (Å²) in [5, 5.41) is 7.95. The molecule has 1 aliphatic heterocycles. The standard InChI is InChI=1S/C22H32F3N5.HI/c1-26-21(27-11-4-5-18-15-29-20-7-3-2-6-19(18)20)28-12-8-17-9-13-30(14-10-17)16-22(23,24)25;/h2-3,6-7,15,17,29H,4-5,8-14,16H2,1H3,(H2,26,27,28);1H. The number of para-hydroxylation sites is 1. The summed E-state index contributed by atoms with van der Waals surface area (Å²) in [5.74, 6) is 1.25. The molecule has 3 N–H and O–H groups in total. The van der Waals surface area contributed by atoms with Gasteiger partial charge in [0.2, 0.25) is 0 Å². The first-order chi connectivity index (χ1) is 14.4. The Morgan fingerprint density at radius 2 is 1.87 bits per heavy atom. The van der Waals surface area contributed by atoms with Gasteiger partial charge in [0, 0.05) is 37.2 Å². The lowest BCUT2D eigenvalue weighted by molar-refractivity contribution is -0.148. The molecule has 31 heavy (non-hydrogen) atoms. The number of aromatic amines is 1. The van der Waals surface area contributed by atoms with E-state index >= 15 is 0 Å². The number of likely N-dealkylation sites (tertiary alicyclic amines) is 1. The number of alkyl halides is 3. The Morgan fingerprint density at radius 3 is 2.58 bits per heavy atom. The van der Waals surface area contributed by atoms with Gasteiger partial charge >= 0.3 is 6.18 Å². The van der Waals surface area contributed by atoms with Crippen LogP contribution in [0.3, 0.4) is 0 Å². The molecule has 0 saturated carbocycles. The van der Waals surface area contributed by atoms with Gasteiger partial charge in [0.25, 0.3) is 0 Å². The van der Waals surface area contributed by atoms with E-state index < -0.39 is 12.7 Å². The van der Waals surface area contributed by atoms with Crippen molar-refractivity contribution in [3.8, 4) is 0 Å². The minimum Gasteiger partial charge on any atom is -0.361 e. The van der Waals surface area contributed by atoms with Gasteiger partial charge in [0.15, 0.2) is 5.96 Å². The van der Waals surface area contributed by atoms with Gasteiger partial charge in [0.05, 0.1) is 6.54 Å². The summed E-state index contributed by atoms with van der Waals surface area (Å²) in [6.07, 6.45) is 2.59. The predicted octanol–water partition coefficient (Wildman–Crippen LogP) is 4.55. The zero-order valence-corrected chi connectivity index (χ0v) is 20.3. The molecule has 2 heterocycles. The van der Waals surface area contributed by atoms with Gasteiger partial charge in [-0.2, -0.15) is 13.2 Å². The Bertz CT molecular complexity index is 813. The number of fused-ring (bicyclic) bond motifs is 1. The van der Waals surface area contributed by atoms with Gasteiger partial charge in [-0.15, -0.1) is 24.0 Å². The molecule has 1 saturated heterocycles. The molecule has 0 atom stereocenters. The number of aryl methyl sites for hydroxylation is 1. The van der Waals surface area contributed by atoms with Crippen molar-refractivity contribution in [1.29, 1.82) is 0 Å². The van der Waals surface area contributed by atoms with Crippen molar-refractivity contribution in [2.45, 2.75) is 38.3 Å². The molecule has 0 aliphatic carbocycles. The number of halogens is 4. The highest BCUT2D eigenvalue weighted by molar-refractivity contribution is 14.0. The van der Waals surface area contributed by atoms with Crippen LogP contribution in [-0.4, -0.2) is 61.8 Å². The third-order valence-corrected chi connectivity index (χ3v) is 5.77. The Balaban J connectivity index is 0.00000341. The lowest BCUT2D eigenvalue weighted by Crippen LogP contribution is -2.41. The molecular weight excluding hydrogens is 518 g/mol. The number of hydrogen-bond acceptors (Lipinski definition) is 2. The predicted molar refractivity (Wildman–Crippen MR) is 131 cm³/mol. The monoisotopic (exact) mass is 551 g/mol. The summed E-state index contributed by atoms with van der Waals surface area (Å²) < 4.78 is 37.4. The lowest BCUT2D eigenvalue weighted by atomic mass is 9.93. The molecule has 0 bridgehead atoms. The quantitative estimate of drug-likeness (QED) is 0.196. The molecule has 1 fully saturated rings. The number of piperidine rings is 1. The average Bonchev–Trinajstić information content (AvgIpc) is 3.13. The van der Waals surface area contributed by atoms with Crippen LogP contribution in [0.25, 0.3) is 10.9 Å². The third kappa shape index (κ3) is 8.51. The van der Waals surface area contributed by atoms with E-state index in [0.29, 0.717) is 19.0 Å². The van der Waals surface area contributed by atoms with Crippen LogP contribution in [0.5, 0.6) is 0 Å². The van der Waals surface area contributed by atoms with Gasteiger partial charge < -0.3 is 15.6 Å². The van der Waals surface area contributed by atoms with Crippen molar-refractivity contribution < 1.29 is 13.2 Å². The van der Waals surface area contributed by atoms with E-state index in [4.69, 9.17) is 0 Å². The zero-order chi connectivity index (χ0) is 21.4. The van der Waals surface area contributed by atoms with Crippen LogP contribution in [0.1, 0.15) is 31.2 Å². The molecule has 1 aromatic heterocycles. The van der Waals surface area contributed by atoms with Crippen molar-refractivity contribution in [1.82, 2.24) is 20.5 Å². The molecular formula is C22H33F3IN5. The van der Waals surface area contributed by atoms with Crippen LogP contribution in [0, 0.1) is 5.92 Å². The van der Waals surface area contributed by atoms with Gasteiger partial charge in [0.1, 0.15) is 0 Å². The van der Waals surface area contributed by atoms with E-state index in [0.717, 1.165) is 51.2 Å². The summed E-state index contributed by atoms with van der Waals surface area (Å²) in [4.78, 5) is 9.08. The van der Waals surface area contributed by atoms with Crippen LogP contribution in [0.2, 0.25) is 0 Å². The summed E-state index contributed by atoms with van der Waals surface area (Å²) in [6.45, 7) is 1.89. The normalized spacial score (nSPS) is 16.3. The van der Waals surface area contributed by atoms with Crippen LogP contribution < -0.4 is 10.6 Å². The molecule has 0 radical (unpaired) electrons. The number of H-pyrrole nitrogens is 1. The number of nitrogens with one attached hydrogen (secondary N) is 3. The molecule has 1 aliphatic rings. The van der Waals surface area contributed by atoms with E-state index in [1.165, 1.54) is 21.4 Å². The van der Waals surface area contributed by atoms with Crippen LogP contribution in [-0.2, 0) is 6.42 Å². The second-order valence-electron chi connectivity index (χ2n) is 8.01. The molecule has 0 amide bonds. The molecule has 1 aromatic carbocycles. The fourth-order valence-electron chi connectivity index (χ4n) is 4.13. The second-order valence-corrected chi connectivity index (χ2v) is 8.01. The van der Waals surface area contributed by atoms with Crippen molar-refractivity contribution >= 4 is 40.8 Å². The number of nitrogens with zero attached hydrogens (tertiary/aromatic N) is 2. The first kappa shape index (κ1) is 25.8. The SMILES string of the molecule is CN=C(NCCCc1c[nH]c2ccccc12)NCCC1CCN(CC(F)(F)F)CC1.I. The van der Waals surface area contributed by atoms with E-state index in [-0.39, 0.29) is 24.0 Å². The molecule has 2 aromatic rings. The Labute approximate surface area is 199 Å². The Kier molecular flexibility index (Phi) is 10.4. The highest BCUT2D eigenvalue weighted by atomic mass is 127. The molecule has 3 rings (SSSR count). The van der Waals surface area contributed by atoms with E-state index in [2.05, 4.69) is 45.0 Å². The minimum atomic E-state index is -4.10. The van der Waals surface area contributed by atoms with Gasteiger partial charge in [-0.05, 0) is 62.7 Å². The minimum absolute atomic E-state index is 0. The maximum atomic E-state index is 12.5. The third-order valence-electron chi connectivity index (χ3n) is 5.77. The smallest absolute Gasteiger partial charge is 0.361 e. The molecule has 0 spiro atoms. The van der Waals surface area contributed by atoms with E-state index in [1.807, 2.05) is 6.07 Å². The van der Waals surface area contributed by atoms with E-state index in [9.17, 15) is 13.2 Å². The summed E-state index contributed by atoms with van der Waals surface area (Å²) in [5.41, 5.74) is 2.49. The number of hydrogen-bond donors (Lipinski definition) is 3. The largest absolute Gasteiger partial charge is 0.401 e. The molecule has 5 nitrogen and oxygen atoms in total. The summed E-state index contributed by atoms with van der Waals surface area (Å²) in [7, 11) is 1.75. The number of aliphatic imine (C=N–C) groups is 1. The van der Waals surface area contributed by atoms with Crippen LogP contribution in [0.4, 0.5) is 13.2 Å². The van der Waals surface area contributed by atoms with Crippen molar-refractivity contribution in [2.24, 2.45) is 10.9 Å². The van der Waals surface area contributed by atoms with Crippen LogP contribution in [0.15, 0.2) is 35.5 Å². The fraction of sp³-hybridized carbons (Fsp3) is 0.591. The van der Waals surface area contributed by atoms with E-state index in [1.54, 1.807) is 7.05 Å². The topological polar surface area (TPSA) is 55.5 Å². The number of guanidine groups is 1. The maximum absolute atomic E-state index is 12.5. The maximum Gasteiger partial charge on any atom is 0.401 e. The number of benzene rings is 1. The molecule has 174 valence electrons. The Hall–Kier alpha value is -1.49. The molecule has 9 heteroatoms. The van der Waals surface area contributed by atoms with Gasteiger partial charge in [-0.3, -0.25) is 9.89 Å². The lowest BCUT2D eigenvalue weighted by Gasteiger charge is -2.32. The zero-order valence-electron chi connectivity index (χ0n) is 18.0. The fourth-order valence-corrected chi connectivity index (χ4v) is 4.13. The second kappa shape index (κ2) is 12.5. The highest BCUT2D eigenvalue weighted by Gasteiger charge is 2.32. The first-order valence-electron chi connectivity index (χ1n) is 10.7. The summed E-state index contributed by atoms with van der Waals surface area (Å²) in [6, 6.07) is 8.32. The summed E-state index contributed by atoms with van der Waals surface area (Å²) >= 11 is 0. The first-order valence-corrected chi connectivity index (χ1v) is 10.7. The van der Waals surface area contributed by atoms with Crippen molar-refractivity contribution in [2.75, 3.05) is 39.8 Å². The Morgan fingerprint density at radius 1 is 1.16 bits per heavy atom. The van der Waals surface area contributed by atoms with Crippen LogP contribution >= 0.6 is 24.0 Å². The number of aromatic nitrogens is 1. The molecule has 0 unspecified atom stereocenters. The van der Waals surface area contributed by atoms with Gasteiger partial charge in [-0.25, -0.2) is 0 Å². The number of rotatable bonds is 8. The average molecular weight is 551 g/mol. The highest BCUT2D eigenvalue weighted by Crippen LogP contribution is 2.24.